The van der Waals surface area contributed by atoms with Gasteiger partial charge in [-0.3, -0.25) is 9.59 Å². The van der Waals surface area contributed by atoms with E-state index >= 15 is 0 Å². The number of carbonyl (C=O) groups is 2. The number of aryl methyl sites for hydroxylation is 1. The SMILES string of the molecule is Cc1cc(NC(=O)C(C)(C)C)sc1C(=O)NCCCN1CCCCCC1. The number of rotatable bonds is 6. The lowest BCUT2D eigenvalue weighted by molar-refractivity contribution is -0.123. The fourth-order valence-corrected chi connectivity index (χ4v) is 4.00. The topological polar surface area (TPSA) is 61.4 Å². The molecule has 0 aliphatic carbocycles. The van der Waals surface area contributed by atoms with E-state index in [1.807, 2.05) is 33.8 Å². The first-order valence-electron chi connectivity index (χ1n) is 9.70. The summed E-state index contributed by atoms with van der Waals surface area (Å²) in [6, 6.07) is 1.88. The van der Waals surface area contributed by atoms with Gasteiger partial charge in [-0.05, 0) is 57.5 Å². The van der Waals surface area contributed by atoms with Gasteiger partial charge in [0.1, 0.15) is 0 Å². The average Bonchev–Trinajstić information content (AvgIpc) is 2.77. The molecule has 0 atom stereocenters. The van der Waals surface area contributed by atoms with Crippen molar-refractivity contribution in [3.05, 3.63) is 16.5 Å². The van der Waals surface area contributed by atoms with Crippen LogP contribution in [-0.4, -0.2) is 42.9 Å². The van der Waals surface area contributed by atoms with E-state index in [2.05, 4.69) is 15.5 Å². The molecule has 2 amide bonds. The molecule has 146 valence electrons. The van der Waals surface area contributed by atoms with Gasteiger partial charge in [0.15, 0.2) is 0 Å². The Balaban J connectivity index is 1.79. The lowest BCUT2D eigenvalue weighted by Gasteiger charge is -2.19. The van der Waals surface area contributed by atoms with Crippen molar-refractivity contribution in [1.29, 1.82) is 0 Å². The standard InChI is InChI=1S/C20H33N3O2S/c1-15-14-16(22-19(25)20(2,3)4)26-17(15)18(24)21-10-9-13-23-11-7-5-6-8-12-23/h14H,5-13H2,1-4H3,(H,21,24)(H,22,25). The molecule has 26 heavy (non-hydrogen) atoms. The van der Waals surface area contributed by atoms with Gasteiger partial charge >= 0.3 is 0 Å². The molecular weight excluding hydrogens is 346 g/mol. The van der Waals surface area contributed by atoms with E-state index in [0.717, 1.165) is 23.5 Å². The van der Waals surface area contributed by atoms with Gasteiger partial charge in [-0.2, -0.15) is 0 Å². The van der Waals surface area contributed by atoms with Gasteiger partial charge in [-0.25, -0.2) is 0 Å². The number of nitrogens with zero attached hydrogens (tertiary/aromatic N) is 1. The van der Waals surface area contributed by atoms with Crippen LogP contribution in [0.5, 0.6) is 0 Å². The zero-order valence-electron chi connectivity index (χ0n) is 16.6. The third-order valence-electron chi connectivity index (χ3n) is 4.68. The number of thiophene rings is 1. The van der Waals surface area contributed by atoms with Crippen molar-refractivity contribution in [1.82, 2.24) is 10.2 Å². The molecule has 1 aliphatic heterocycles. The molecule has 1 fully saturated rings. The van der Waals surface area contributed by atoms with Crippen molar-refractivity contribution in [3.63, 3.8) is 0 Å². The molecule has 0 radical (unpaired) electrons. The third-order valence-corrected chi connectivity index (χ3v) is 5.83. The minimum Gasteiger partial charge on any atom is -0.351 e. The summed E-state index contributed by atoms with van der Waals surface area (Å²) in [5.41, 5.74) is 0.456. The van der Waals surface area contributed by atoms with Crippen LogP contribution in [0.15, 0.2) is 6.07 Å². The number of likely N-dealkylation sites (tertiary alicyclic amines) is 1. The largest absolute Gasteiger partial charge is 0.351 e. The number of hydrogen-bond donors (Lipinski definition) is 2. The predicted molar refractivity (Wildman–Crippen MR) is 109 cm³/mol. The summed E-state index contributed by atoms with van der Waals surface area (Å²) in [5, 5.41) is 6.66. The molecule has 5 nitrogen and oxygen atoms in total. The summed E-state index contributed by atoms with van der Waals surface area (Å²) >= 11 is 1.35. The number of carbonyl (C=O) groups excluding carboxylic acids is 2. The summed E-state index contributed by atoms with van der Waals surface area (Å²) in [6.45, 7) is 11.7. The van der Waals surface area contributed by atoms with Crippen molar-refractivity contribution in [2.45, 2.75) is 59.8 Å². The Morgan fingerprint density at radius 2 is 1.81 bits per heavy atom. The van der Waals surface area contributed by atoms with Crippen LogP contribution in [0.1, 0.15) is 68.1 Å². The average molecular weight is 380 g/mol. The van der Waals surface area contributed by atoms with Gasteiger partial charge in [0, 0.05) is 12.0 Å². The van der Waals surface area contributed by atoms with Crippen molar-refractivity contribution >= 4 is 28.2 Å². The van der Waals surface area contributed by atoms with Gasteiger partial charge in [0.25, 0.3) is 5.91 Å². The van der Waals surface area contributed by atoms with Gasteiger partial charge in [-0.1, -0.05) is 33.6 Å². The molecular formula is C20H33N3O2S. The number of nitrogens with one attached hydrogen (secondary N) is 2. The monoisotopic (exact) mass is 379 g/mol. The highest BCUT2D eigenvalue weighted by molar-refractivity contribution is 7.18. The highest BCUT2D eigenvalue weighted by atomic mass is 32.1. The Bertz CT molecular complexity index is 611. The minimum atomic E-state index is -0.451. The Morgan fingerprint density at radius 1 is 1.15 bits per heavy atom. The molecule has 0 aromatic carbocycles. The molecule has 2 heterocycles. The second-order valence-electron chi connectivity index (χ2n) is 8.19. The van der Waals surface area contributed by atoms with E-state index in [1.54, 1.807) is 0 Å². The minimum absolute atomic E-state index is 0.0387. The first-order valence-corrected chi connectivity index (χ1v) is 10.5. The van der Waals surface area contributed by atoms with E-state index in [0.29, 0.717) is 11.4 Å². The lowest BCUT2D eigenvalue weighted by Crippen LogP contribution is -2.30. The maximum Gasteiger partial charge on any atom is 0.261 e. The molecule has 0 unspecified atom stereocenters. The molecule has 2 N–H and O–H groups in total. The van der Waals surface area contributed by atoms with E-state index in [9.17, 15) is 9.59 Å². The highest BCUT2D eigenvalue weighted by Gasteiger charge is 2.23. The molecule has 0 spiro atoms. The van der Waals surface area contributed by atoms with Gasteiger partial charge in [-0.15, -0.1) is 11.3 Å². The highest BCUT2D eigenvalue weighted by Crippen LogP contribution is 2.28. The van der Waals surface area contributed by atoms with E-state index in [-0.39, 0.29) is 11.8 Å². The van der Waals surface area contributed by atoms with Gasteiger partial charge in [0.2, 0.25) is 5.91 Å². The predicted octanol–water partition coefficient (Wildman–Crippen LogP) is 4.04. The van der Waals surface area contributed by atoms with Crippen LogP contribution in [0, 0.1) is 12.3 Å². The van der Waals surface area contributed by atoms with Gasteiger partial charge < -0.3 is 15.5 Å². The molecule has 1 aromatic heterocycles. The molecule has 1 saturated heterocycles. The van der Waals surface area contributed by atoms with E-state index in [1.165, 1.54) is 50.1 Å². The summed E-state index contributed by atoms with van der Waals surface area (Å²) in [7, 11) is 0. The third kappa shape index (κ3) is 6.40. The second-order valence-corrected chi connectivity index (χ2v) is 9.24. The fourth-order valence-electron chi connectivity index (χ4n) is 3.01. The van der Waals surface area contributed by atoms with E-state index < -0.39 is 5.41 Å². The van der Waals surface area contributed by atoms with Crippen molar-refractivity contribution < 1.29 is 9.59 Å². The van der Waals surface area contributed by atoms with Gasteiger partial charge in [0.05, 0.1) is 9.88 Å². The Morgan fingerprint density at radius 3 is 2.42 bits per heavy atom. The van der Waals surface area contributed by atoms with Crippen LogP contribution in [-0.2, 0) is 4.79 Å². The van der Waals surface area contributed by atoms with Crippen LogP contribution in [0.3, 0.4) is 0 Å². The maximum atomic E-state index is 12.4. The zero-order valence-corrected chi connectivity index (χ0v) is 17.4. The lowest BCUT2D eigenvalue weighted by atomic mass is 9.96. The first-order chi connectivity index (χ1) is 12.3. The van der Waals surface area contributed by atoms with Crippen molar-refractivity contribution in [2.75, 3.05) is 31.5 Å². The molecule has 0 bridgehead atoms. The summed E-state index contributed by atoms with van der Waals surface area (Å²) in [6.07, 6.45) is 6.26. The van der Waals surface area contributed by atoms with Crippen molar-refractivity contribution in [2.24, 2.45) is 5.41 Å². The number of amides is 2. The van der Waals surface area contributed by atoms with Crippen LogP contribution < -0.4 is 10.6 Å². The number of hydrogen-bond acceptors (Lipinski definition) is 4. The first kappa shape index (κ1) is 20.9. The second kappa shape index (κ2) is 9.51. The summed E-state index contributed by atoms with van der Waals surface area (Å²) in [4.78, 5) is 27.7. The van der Waals surface area contributed by atoms with Crippen molar-refractivity contribution in [3.8, 4) is 0 Å². The molecule has 1 aromatic rings. The molecule has 1 aliphatic rings. The maximum absolute atomic E-state index is 12.4. The van der Waals surface area contributed by atoms with Crippen LogP contribution in [0.2, 0.25) is 0 Å². The smallest absolute Gasteiger partial charge is 0.261 e. The van der Waals surface area contributed by atoms with E-state index in [4.69, 9.17) is 0 Å². The summed E-state index contributed by atoms with van der Waals surface area (Å²) < 4.78 is 0. The molecule has 0 saturated carbocycles. The Kier molecular flexibility index (Phi) is 7.65. The van der Waals surface area contributed by atoms with Crippen LogP contribution >= 0.6 is 11.3 Å². The normalized spacial score (nSPS) is 16.2. The Labute approximate surface area is 161 Å². The zero-order chi connectivity index (χ0) is 19.2. The Hall–Kier alpha value is -1.40. The summed E-state index contributed by atoms with van der Waals surface area (Å²) in [5.74, 6) is -0.0808. The molecule has 2 rings (SSSR count). The number of anilines is 1. The van der Waals surface area contributed by atoms with Crippen LogP contribution in [0.25, 0.3) is 0 Å². The molecule has 6 heteroatoms. The fraction of sp³-hybridized carbons (Fsp3) is 0.700. The van der Waals surface area contributed by atoms with Crippen LogP contribution in [0.4, 0.5) is 5.00 Å². The quantitative estimate of drug-likeness (QED) is 0.734.